The summed E-state index contributed by atoms with van der Waals surface area (Å²) in [5.41, 5.74) is 2.14. The normalized spacial score (nSPS) is 13.0. The molecule has 1 atom stereocenters. The number of aliphatic hydroxyl groups excluding tert-OH is 1. The topological polar surface area (TPSA) is 38.0 Å². The lowest BCUT2D eigenvalue weighted by molar-refractivity contribution is 0.177. The van der Waals surface area contributed by atoms with E-state index in [0.717, 1.165) is 5.69 Å². The fourth-order valence-corrected chi connectivity index (χ4v) is 3.11. The third kappa shape index (κ3) is 3.37. The zero-order chi connectivity index (χ0) is 15.7. The predicted octanol–water partition coefficient (Wildman–Crippen LogP) is 4.78. The fraction of sp³-hybridized carbons (Fsp3) is 0.400. The van der Waals surface area contributed by atoms with E-state index in [0.29, 0.717) is 32.7 Å². The molecule has 0 aliphatic carbocycles. The smallest absolute Gasteiger partial charge is 0.132 e. The van der Waals surface area contributed by atoms with Crippen LogP contribution in [0.1, 0.15) is 42.7 Å². The molecule has 0 fully saturated rings. The van der Waals surface area contributed by atoms with E-state index >= 15 is 0 Å². The van der Waals surface area contributed by atoms with Crippen molar-refractivity contribution < 1.29 is 5.11 Å². The van der Waals surface area contributed by atoms with Crippen LogP contribution in [0, 0.1) is 0 Å². The third-order valence-corrected chi connectivity index (χ3v) is 4.54. The van der Waals surface area contributed by atoms with Crippen LogP contribution in [0.5, 0.6) is 0 Å². The van der Waals surface area contributed by atoms with Crippen molar-refractivity contribution in [1.82, 2.24) is 9.78 Å². The number of nitrogens with zero attached hydrogens (tertiary/aromatic N) is 2. The highest BCUT2D eigenvalue weighted by atomic mass is 35.5. The highest BCUT2D eigenvalue weighted by molar-refractivity contribution is 6.36. The van der Waals surface area contributed by atoms with Crippen molar-refractivity contribution in [3.05, 3.63) is 50.2 Å². The Kier molecular flexibility index (Phi) is 5.20. The van der Waals surface area contributed by atoms with Gasteiger partial charge in [0.25, 0.3) is 0 Å². The van der Waals surface area contributed by atoms with Crippen molar-refractivity contribution >= 4 is 34.8 Å². The first-order valence-electron chi connectivity index (χ1n) is 6.66. The van der Waals surface area contributed by atoms with Gasteiger partial charge in [0.15, 0.2) is 0 Å². The van der Waals surface area contributed by atoms with Crippen molar-refractivity contribution in [3.63, 3.8) is 0 Å². The number of aromatic nitrogens is 2. The van der Waals surface area contributed by atoms with E-state index in [4.69, 9.17) is 34.8 Å². The van der Waals surface area contributed by atoms with Crippen LogP contribution >= 0.6 is 34.8 Å². The fourth-order valence-electron chi connectivity index (χ4n) is 2.30. The second kappa shape index (κ2) is 6.57. The van der Waals surface area contributed by atoms with Gasteiger partial charge in [-0.1, -0.05) is 54.7 Å². The predicted molar refractivity (Wildman–Crippen MR) is 87.4 cm³/mol. The molecule has 1 aromatic carbocycles. The highest BCUT2D eigenvalue weighted by Crippen LogP contribution is 2.35. The largest absolute Gasteiger partial charge is 0.388 e. The van der Waals surface area contributed by atoms with Gasteiger partial charge >= 0.3 is 0 Å². The van der Waals surface area contributed by atoms with Crippen LogP contribution in [0.15, 0.2) is 18.2 Å². The van der Waals surface area contributed by atoms with Crippen molar-refractivity contribution in [2.75, 3.05) is 0 Å². The van der Waals surface area contributed by atoms with Gasteiger partial charge in [0.2, 0.25) is 0 Å². The van der Waals surface area contributed by atoms with Gasteiger partial charge in [0, 0.05) is 29.1 Å². The quantitative estimate of drug-likeness (QED) is 0.864. The van der Waals surface area contributed by atoms with Crippen LogP contribution in [-0.4, -0.2) is 14.9 Å². The number of benzene rings is 1. The Morgan fingerprint density at radius 2 is 1.76 bits per heavy atom. The van der Waals surface area contributed by atoms with E-state index < -0.39 is 6.10 Å². The van der Waals surface area contributed by atoms with Gasteiger partial charge in [-0.2, -0.15) is 5.10 Å². The van der Waals surface area contributed by atoms with Crippen molar-refractivity contribution in [2.24, 2.45) is 7.05 Å². The van der Waals surface area contributed by atoms with Crippen LogP contribution in [0.4, 0.5) is 0 Å². The molecule has 0 bridgehead atoms. The molecule has 1 unspecified atom stereocenters. The Bertz CT molecular complexity index is 632. The van der Waals surface area contributed by atoms with Gasteiger partial charge in [0.05, 0.1) is 11.8 Å². The zero-order valence-electron chi connectivity index (χ0n) is 12.1. The molecule has 0 aliphatic heterocycles. The van der Waals surface area contributed by atoms with Crippen molar-refractivity contribution in [1.29, 1.82) is 0 Å². The van der Waals surface area contributed by atoms with Gasteiger partial charge in [0.1, 0.15) is 5.15 Å². The number of aryl methyl sites for hydroxylation is 1. The van der Waals surface area contributed by atoms with Gasteiger partial charge in [-0.25, -0.2) is 0 Å². The molecule has 0 spiro atoms. The first-order chi connectivity index (χ1) is 9.82. The number of rotatable bonds is 4. The molecule has 1 aromatic heterocycles. The summed E-state index contributed by atoms with van der Waals surface area (Å²) in [5.74, 6) is 0.162. The Morgan fingerprint density at radius 3 is 2.29 bits per heavy atom. The first-order valence-corrected chi connectivity index (χ1v) is 7.79. The first kappa shape index (κ1) is 16.6. The lowest BCUT2D eigenvalue weighted by Gasteiger charge is -2.15. The summed E-state index contributed by atoms with van der Waals surface area (Å²) in [7, 11) is 1.76. The summed E-state index contributed by atoms with van der Waals surface area (Å²) < 4.78 is 1.57. The summed E-state index contributed by atoms with van der Waals surface area (Å²) in [6.07, 6.45) is -0.509. The molecule has 0 aliphatic rings. The zero-order valence-corrected chi connectivity index (χ0v) is 14.3. The van der Waals surface area contributed by atoms with Crippen LogP contribution in [-0.2, 0) is 13.5 Å². The summed E-state index contributed by atoms with van der Waals surface area (Å²) in [6.45, 7) is 4.02. The van der Waals surface area contributed by atoms with Crippen molar-refractivity contribution in [2.45, 2.75) is 32.3 Å². The summed E-state index contributed by atoms with van der Waals surface area (Å²) in [6, 6.07) is 5.28. The Balaban J connectivity index is 2.39. The molecule has 2 rings (SSSR count). The SMILES string of the molecule is CC(C)c1nn(C)c(Cl)c1C(O)Cc1c(Cl)cccc1Cl. The molecule has 2 aromatic rings. The minimum atomic E-state index is -0.805. The Morgan fingerprint density at radius 1 is 1.19 bits per heavy atom. The standard InChI is InChI=1S/C15H17Cl3N2O/c1-8(2)14-13(15(18)20(3)19-14)12(21)7-9-10(16)5-4-6-11(9)17/h4-6,8,12,21H,7H2,1-3H3. The highest BCUT2D eigenvalue weighted by Gasteiger charge is 2.25. The summed E-state index contributed by atoms with van der Waals surface area (Å²) in [5, 5.41) is 16.5. The molecule has 0 amide bonds. The Hall–Kier alpha value is -0.740. The second-order valence-corrected chi connectivity index (χ2v) is 6.46. The Labute approximate surface area is 139 Å². The molecule has 21 heavy (non-hydrogen) atoms. The van der Waals surface area contributed by atoms with E-state index in [-0.39, 0.29) is 5.92 Å². The molecule has 3 nitrogen and oxygen atoms in total. The second-order valence-electron chi connectivity index (χ2n) is 5.29. The van der Waals surface area contributed by atoms with Gasteiger partial charge in [-0.05, 0) is 23.6 Å². The van der Waals surface area contributed by atoms with Crippen LogP contribution < -0.4 is 0 Å². The maximum absolute atomic E-state index is 10.6. The molecule has 6 heteroatoms. The average molecular weight is 348 g/mol. The lowest BCUT2D eigenvalue weighted by atomic mass is 9.97. The van der Waals surface area contributed by atoms with E-state index in [2.05, 4.69) is 5.10 Å². The van der Waals surface area contributed by atoms with Gasteiger partial charge in [-0.3, -0.25) is 4.68 Å². The lowest BCUT2D eigenvalue weighted by Crippen LogP contribution is -2.06. The number of halogens is 3. The van der Waals surface area contributed by atoms with Crippen molar-refractivity contribution in [3.8, 4) is 0 Å². The van der Waals surface area contributed by atoms with Gasteiger partial charge < -0.3 is 5.11 Å². The maximum atomic E-state index is 10.6. The molecular formula is C15H17Cl3N2O. The summed E-state index contributed by atoms with van der Waals surface area (Å²) >= 11 is 18.6. The molecular weight excluding hydrogens is 331 g/mol. The number of hydrogen-bond donors (Lipinski definition) is 1. The minimum Gasteiger partial charge on any atom is -0.388 e. The molecule has 1 N–H and O–H groups in total. The molecule has 0 saturated heterocycles. The van der Waals surface area contributed by atoms with E-state index in [1.165, 1.54) is 0 Å². The van der Waals surface area contributed by atoms with Crippen LogP contribution in [0.2, 0.25) is 15.2 Å². The summed E-state index contributed by atoms with van der Waals surface area (Å²) in [4.78, 5) is 0. The molecule has 0 radical (unpaired) electrons. The molecule has 114 valence electrons. The molecule has 1 heterocycles. The van der Waals surface area contributed by atoms with E-state index in [1.807, 2.05) is 13.8 Å². The van der Waals surface area contributed by atoms with Gasteiger partial charge in [-0.15, -0.1) is 0 Å². The van der Waals surface area contributed by atoms with E-state index in [1.54, 1.807) is 29.9 Å². The average Bonchev–Trinajstić information content (AvgIpc) is 2.71. The van der Waals surface area contributed by atoms with Crippen LogP contribution in [0.25, 0.3) is 0 Å². The minimum absolute atomic E-state index is 0.162. The third-order valence-electron chi connectivity index (χ3n) is 3.38. The van der Waals surface area contributed by atoms with Crippen LogP contribution in [0.3, 0.4) is 0 Å². The van der Waals surface area contributed by atoms with E-state index in [9.17, 15) is 5.11 Å². The maximum Gasteiger partial charge on any atom is 0.132 e. The number of hydrogen-bond acceptors (Lipinski definition) is 2. The number of aliphatic hydroxyl groups is 1. The molecule has 0 saturated carbocycles. The monoisotopic (exact) mass is 346 g/mol.